The highest BCUT2D eigenvalue weighted by molar-refractivity contribution is 6.06. The molecular formula is C33H42N2O4. The van der Waals surface area contributed by atoms with Gasteiger partial charge < -0.3 is 24.0 Å². The van der Waals surface area contributed by atoms with Crippen molar-refractivity contribution in [3.8, 4) is 17.2 Å². The molecule has 0 aromatic heterocycles. The minimum absolute atomic E-state index is 0.0253. The molecule has 0 saturated carbocycles. The Morgan fingerprint density at radius 2 is 1.49 bits per heavy atom. The Morgan fingerprint density at radius 3 is 2.15 bits per heavy atom. The molecule has 1 aliphatic rings. The van der Waals surface area contributed by atoms with Crippen LogP contribution in [0.25, 0.3) is 0 Å². The van der Waals surface area contributed by atoms with Gasteiger partial charge in [0.1, 0.15) is 23.9 Å². The molecule has 0 spiro atoms. The average Bonchev–Trinajstić information content (AvgIpc) is 2.99. The zero-order chi connectivity index (χ0) is 27.8. The molecule has 208 valence electrons. The van der Waals surface area contributed by atoms with Crippen LogP contribution in [0.4, 0.5) is 5.69 Å². The van der Waals surface area contributed by atoms with Crippen molar-refractivity contribution in [2.75, 3.05) is 51.9 Å². The number of benzene rings is 3. The summed E-state index contributed by atoms with van der Waals surface area (Å²) in [7, 11) is 3.38. The summed E-state index contributed by atoms with van der Waals surface area (Å²) < 4.78 is 16.9. The topological polar surface area (TPSA) is 51.2 Å². The molecule has 0 saturated heterocycles. The summed E-state index contributed by atoms with van der Waals surface area (Å²) in [5, 5.41) is 0. The second-order valence-electron chi connectivity index (χ2n) is 9.95. The molecule has 1 atom stereocenters. The Labute approximate surface area is 233 Å². The van der Waals surface area contributed by atoms with Crippen LogP contribution in [-0.4, -0.2) is 57.8 Å². The standard InChI is InChI=1S/C33H42N2O4/c1-6-34(7-2)19-20-39-28-14-11-24(12-15-28)33(36)35(8-3)32-23-30(38-5)17-18-31(32)27-10-9-26-22-29(37-4)16-13-25(26)21-27/h11-18,22-23,27H,6-10,19-21H2,1-5H3. The summed E-state index contributed by atoms with van der Waals surface area (Å²) in [6.45, 7) is 10.4. The lowest BCUT2D eigenvalue weighted by atomic mass is 9.79. The smallest absolute Gasteiger partial charge is 0.258 e. The molecule has 0 fully saturated rings. The van der Waals surface area contributed by atoms with Crippen molar-refractivity contribution in [3.63, 3.8) is 0 Å². The number of hydrogen-bond donors (Lipinski definition) is 0. The highest BCUT2D eigenvalue weighted by Crippen LogP contribution is 2.40. The van der Waals surface area contributed by atoms with E-state index in [-0.39, 0.29) is 5.91 Å². The number of hydrogen-bond acceptors (Lipinski definition) is 5. The number of methoxy groups -OCH3 is 2. The van der Waals surface area contributed by atoms with Crippen molar-refractivity contribution in [1.82, 2.24) is 4.90 Å². The lowest BCUT2D eigenvalue weighted by molar-refractivity contribution is 0.0988. The van der Waals surface area contributed by atoms with E-state index in [4.69, 9.17) is 14.2 Å². The Hall–Kier alpha value is -3.51. The van der Waals surface area contributed by atoms with E-state index in [0.29, 0.717) is 24.6 Å². The van der Waals surface area contributed by atoms with Gasteiger partial charge in [0.15, 0.2) is 0 Å². The molecule has 3 aromatic carbocycles. The van der Waals surface area contributed by atoms with E-state index in [1.165, 1.54) is 16.7 Å². The van der Waals surface area contributed by atoms with E-state index in [1.54, 1.807) is 14.2 Å². The largest absolute Gasteiger partial charge is 0.497 e. The van der Waals surface area contributed by atoms with Crippen LogP contribution in [0.15, 0.2) is 60.7 Å². The number of rotatable bonds is 12. The molecule has 39 heavy (non-hydrogen) atoms. The lowest BCUT2D eigenvalue weighted by Crippen LogP contribution is -2.32. The number of likely N-dealkylation sites (N-methyl/N-ethyl adjacent to an activating group) is 1. The molecule has 6 nitrogen and oxygen atoms in total. The second-order valence-corrected chi connectivity index (χ2v) is 9.95. The number of carbonyl (C=O) groups is 1. The second kappa shape index (κ2) is 13.5. The molecule has 1 aliphatic carbocycles. The minimum Gasteiger partial charge on any atom is -0.497 e. The molecule has 0 heterocycles. The van der Waals surface area contributed by atoms with Gasteiger partial charge >= 0.3 is 0 Å². The Bertz CT molecular complexity index is 1240. The van der Waals surface area contributed by atoms with Crippen LogP contribution in [-0.2, 0) is 12.8 Å². The molecule has 4 rings (SSSR count). The van der Waals surface area contributed by atoms with Crippen LogP contribution < -0.4 is 19.1 Å². The van der Waals surface area contributed by atoms with E-state index in [2.05, 4.69) is 36.9 Å². The molecule has 0 radical (unpaired) electrons. The van der Waals surface area contributed by atoms with Crippen LogP contribution in [0.5, 0.6) is 17.2 Å². The van der Waals surface area contributed by atoms with Crippen molar-refractivity contribution >= 4 is 11.6 Å². The Balaban J connectivity index is 1.54. The fraction of sp³-hybridized carbons (Fsp3) is 0.424. The monoisotopic (exact) mass is 530 g/mol. The van der Waals surface area contributed by atoms with E-state index in [9.17, 15) is 4.79 Å². The Morgan fingerprint density at radius 1 is 0.821 bits per heavy atom. The number of fused-ring (bicyclic) bond motifs is 1. The highest BCUT2D eigenvalue weighted by atomic mass is 16.5. The first kappa shape index (κ1) is 28.5. The number of aryl methyl sites for hydroxylation is 1. The molecule has 3 aromatic rings. The molecule has 0 bridgehead atoms. The maximum absolute atomic E-state index is 13.8. The lowest BCUT2D eigenvalue weighted by Gasteiger charge is -2.31. The molecule has 6 heteroatoms. The van der Waals surface area contributed by atoms with Crippen molar-refractivity contribution in [1.29, 1.82) is 0 Å². The SMILES string of the molecule is CCN(CC)CCOc1ccc(C(=O)N(CC)c2cc(OC)ccc2C2CCc3cc(OC)ccc3C2)cc1. The number of anilines is 1. The number of ether oxygens (including phenoxy) is 3. The maximum atomic E-state index is 13.8. The van der Waals surface area contributed by atoms with E-state index in [1.807, 2.05) is 54.3 Å². The molecule has 0 N–H and O–H groups in total. The first-order valence-electron chi connectivity index (χ1n) is 14.1. The summed E-state index contributed by atoms with van der Waals surface area (Å²) in [5.41, 5.74) is 5.44. The molecule has 1 amide bonds. The van der Waals surface area contributed by atoms with E-state index < -0.39 is 0 Å². The van der Waals surface area contributed by atoms with Crippen molar-refractivity contribution in [2.45, 2.75) is 46.0 Å². The predicted molar refractivity (Wildman–Crippen MR) is 158 cm³/mol. The summed E-state index contributed by atoms with van der Waals surface area (Å²) in [6.07, 6.45) is 2.94. The highest BCUT2D eigenvalue weighted by Gasteiger charge is 2.27. The van der Waals surface area contributed by atoms with Crippen LogP contribution >= 0.6 is 0 Å². The zero-order valence-corrected chi connectivity index (χ0v) is 24.0. The Kier molecular flexibility index (Phi) is 9.88. The average molecular weight is 531 g/mol. The maximum Gasteiger partial charge on any atom is 0.258 e. The first-order valence-corrected chi connectivity index (χ1v) is 14.1. The van der Waals surface area contributed by atoms with Crippen LogP contribution in [0.3, 0.4) is 0 Å². The van der Waals surface area contributed by atoms with E-state index >= 15 is 0 Å². The van der Waals surface area contributed by atoms with Gasteiger partial charge in [-0.05, 0) is 104 Å². The number of carbonyl (C=O) groups excluding carboxylic acids is 1. The molecule has 0 aliphatic heterocycles. The van der Waals surface area contributed by atoms with Gasteiger partial charge in [0.25, 0.3) is 5.91 Å². The third-order valence-electron chi connectivity index (χ3n) is 7.84. The molecule has 1 unspecified atom stereocenters. The van der Waals surface area contributed by atoms with Gasteiger partial charge in [0.05, 0.1) is 19.9 Å². The third-order valence-corrected chi connectivity index (χ3v) is 7.84. The van der Waals surface area contributed by atoms with Crippen LogP contribution in [0.1, 0.15) is 60.2 Å². The predicted octanol–water partition coefficient (Wildman–Crippen LogP) is 6.36. The van der Waals surface area contributed by atoms with Crippen molar-refractivity contribution in [2.24, 2.45) is 0 Å². The number of amides is 1. The summed E-state index contributed by atoms with van der Waals surface area (Å²) in [5.74, 6) is 2.72. The van der Waals surface area contributed by atoms with Gasteiger partial charge in [-0.15, -0.1) is 0 Å². The fourth-order valence-corrected chi connectivity index (χ4v) is 5.46. The first-order chi connectivity index (χ1) is 19.0. The van der Waals surface area contributed by atoms with Gasteiger partial charge in [0.2, 0.25) is 0 Å². The van der Waals surface area contributed by atoms with Gasteiger partial charge in [-0.3, -0.25) is 4.79 Å². The number of nitrogens with zero attached hydrogens (tertiary/aromatic N) is 2. The van der Waals surface area contributed by atoms with Crippen LogP contribution in [0, 0.1) is 0 Å². The normalized spacial score (nSPS) is 14.6. The van der Waals surface area contributed by atoms with Crippen molar-refractivity contribution < 1.29 is 19.0 Å². The van der Waals surface area contributed by atoms with Gasteiger partial charge in [-0.25, -0.2) is 0 Å². The zero-order valence-electron chi connectivity index (χ0n) is 24.0. The minimum atomic E-state index is -0.0253. The summed E-state index contributed by atoms with van der Waals surface area (Å²) in [4.78, 5) is 18.0. The quantitative estimate of drug-likeness (QED) is 0.273. The van der Waals surface area contributed by atoms with Gasteiger partial charge in [-0.2, -0.15) is 0 Å². The van der Waals surface area contributed by atoms with Crippen molar-refractivity contribution in [3.05, 3.63) is 82.9 Å². The van der Waals surface area contributed by atoms with Crippen LogP contribution in [0.2, 0.25) is 0 Å². The van der Waals surface area contributed by atoms with Gasteiger partial charge in [-0.1, -0.05) is 26.0 Å². The summed E-state index contributed by atoms with van der Waals surface area (Å²) >= 11 is 0. The summed E-state index contributed by atoms with van der Waals surface area (Å²) in [6, 6.07) is 20.0. The van der Waals surface area contributed by atoms with Gasteiger partial charge in [0, 0.05) is 24.7 Å². The molecular weight excluding hydrogens is 488 g/mol. The van der Waals surface area contributed by atoms with E-state index in [0.717, 1.165) is 61.8 Å². The third kappa shape index (κ3) is 6.74. The fourth-order valence-electron chi connectivity index (χ4n) is 5.46.